The quantitative estimate of drug-likeness (QED) is 0.272. The molecule has 8 heteroatoms. The third kappa shape index (κ3) is 6.04. The molecule has 0 aliphatic carbocycles. The predicted octanol–water partition coefficient (Wildman–Crippen LogP) is 8.13. The summed E-state index contributed by atoms with van der Waals surface area (Å²) in [4.78, 5) is 0. The predicted molar refractivity (Wildman–Crippen MR) is 116 cm³/mol. The normalized spacial score (nSPS) is 12.0. The van der Waals surface area contributed by atoms with E-state index in [4.69, 9.17) is 4.74 Å². The van der Waals surface area contributed by atoms with Gasteiger partial charge in [-0.1, -0.05) is 38.8 Å². The van der Waals surface area contributed by atoms with Crippen molar-refractivity contribution >= 4 is 0 Å². The largest absolute Gasteiger partial charge is 0.432 e. The summed E-state index contributed by atoms with van der Waals surface area (Å²) >= 11 is 0. The summed E-state index contributed by atoms with van der Waals surface area (Å²) in [7, 11) is 0. The summed E-state index contributed by atoms with van der Waals surface area (Å²) in [6.07, 6.45) is -5.50. The van der Waals surface area contributed by atoms with Gasteiger partial charge in [-0.2, -0.15) is 17.6 Å². The number of benzene rings is 3. The number of halogens is 6. The molecule has 0 bridgehead atoms. The first-order valence-corrected chi connectivity index (χ1v) is 10.9. The lowest BCUT2D eigenvalue weighted by Gasteiger charge is -2.21. The zero-order valence-corrected chi connectivity index (χ0v) is 18.7. The van der Waals surface area contributed by atoms with E-state index < -0.39 is 40.7 Å². The van der Waals surface area contributed by atoms with Crippen LogP contribution in [0.3, 0.4) is 0 Å². The van der Waals surface area contributed by atoms with Gasteiger partial charge in [-0.3, -0.25) is 0 Å². The summed E-state index contributed by atoms with van der Waals surface area (Å²) in [5.41, 5.74) is -0.934. The van der Waals surface area contributed by atoms with Crippen LogP contribution in [0.1, 0.15) is 48.9 Å². The zero-order valence-electron chi connectivity index (χ0n) is 18.7. The van der Waals surface area contributed by atoms with Gasteiger partial charge < -0.3 is 9.47 Å². The van der Waals surface area contributed by atoms with Crippen molar-refractivity contribution in [3.05, 3.63) is 94.6 Å². The third-order valence-electron chi connectivity index (χ3n) is 5.08. The van der Waals surface area contributed by atoms with Crippen LogP contribution in [0, 0.1) is 11.6 Å². The topological polar surface area (TPSA) is 18.5 Å². The highest BCUT2D eigenvalue weighted by molar-refractivity contribution is 5.34. The van der Waals surface area contributed by atoms with Crippen molar-refractivity contribution in [2.24, 2.45) is 0 Å². The molecule has 34 heavy (non-hydrogen) atoms. The van der Waals surface area contributed by atoms with E-state index >= 15 is 0 Å². The van der Waals surface area contributed by atoms with Crippen molar-refractivity contribution in [3.8, 4) is 11.5 Å². The van der Waals surface area contributed by atoms with Gasteiger partial charge in [-0.05, 0) is 72.5 Å². The Kier molecular flexibility index (Phi) is 7.79. The highest BCUT2D eigenvalue weighted by atomic mass is 19.3. The molecule has 0 amide bonds. The molecule has 0 saturated heterocycles. The molecule has 3 aromatic carbocycles. The van der Waals surface area contributed by atoms with Gasteiger partial charge in [-0.15, -0.1) is 0 Å². The van der Waals surface area contributed by atoms with Crippen LogP contribution in [0.4, 0.5) is 26.3 Å². The lowest BCUT2D eigenvalue weighted by molar-refractivity contribution is -0.190. The molecular weight excluding hydrogens is 458 g/mol. The van der Waals surface area contributed by atoms with Gasteiger partial charge in [0, 0.05) is 0 Å². The molecule has 0 unspecified atom stereocenters. The molecule has 0 aliphatic heterocycles. The van der Waals surface area contributed by atoms with Crippen LogP contribution in [0.5, 0.6) is 11.5 Å². The molecule has 0 fully saturated rings. The Morgan fingerprint density at radius 2 is 1.06 bits per heavy atom. The Morgan fingerprint density at radius 1 is 0.618 bits per heavy atom. The summed E-state index contributed by atoms with van der Waals surface area (Å²) in [6, 6.07) is 11.3. The molecule has 0 spiro atoms. The van der Waals surface area contributed by atoms with Crippen LogP contribution < -0.4 is 9.47 Å². The maximum atomic E-state index is 14.5. The first-order valence-electron chi connectivity index (χ1n) is 10.9. The second kappa shape index (κ2) is 10.4. The summed E-state index contributed by atoms with van der Waals surface area (Å²) < 4.78 is 95.7. The lowest BCUT2D eigenvalue weighted by atomic mass is 10.1. The Balaban J connectivity index is 1.74. The van der Waals surface area contributed by atoms with Crippen molar-refractivity contribution in [2.45, 2.75) is 51.7 Å². The molecule has 3 aromatic rings. The standard InChI is InChI=1S/C26H24F6O2/c1-3-5-17-7-11-20(12-8-17)33-25(29,30)19-9-13-21(14-10-19)34-26(31,32)24-22(27)15-18(6-4-2)16-23(24)28/h7-16H,3-6H2,1-2H3. The Hall–Kier alpha value is -3.16. The fourth-order valence-electron chi connectivity index (χ4n) is 3.47. The molecule has 0 heterocycles. The number of hydrogen-bond acceptors (Lipinski definition) is 2. The fraction of sp³-hybridized carbons (Fsp3) is 0.308. The minimum Gasteiger partial charge on any atom is -0.429 e. The molecule has 0 aromatic heterocycles. The third-order valence-corrected chi connectivity index (χ3v) is 5.08. The SMILES string of the molecule is CCCc1ccc(OC(F)(F)c2ccc(OC(F)(F)c3c(F)cc(CCC)cc3F)cc2)cc1. The second-order valence-corrected chi connectivity index (χ2v) is 7.84. The number of aryl methyl sites for hydroxylation is 2. The molecule has 182 valence electrons. The van der Waals surface area contributed by atoms with E-state index in [0.29, 0.717) is 12.8 Å². The average Bonchev–Trinajstić information content (AvgIpc) is 2.75. The van der Waals surface area contributed by atoms with Gasteiger partial charge in [0.15, 0.2) is 0 Å². The first-order chi connectivity index (χ1) is 16.1. The van der Waals surface area contributed by atoms with Crippen LogP contribution in [0.15, 0.2) is 60.7 Å². The van der Waals surface area contributed by atoms with E-state index in [9.17, 15) is 26.3 Å². The molecule has 0 saturated carbocycles. The molecule has 0 N–H and O–H groups in total. The summed E-state index contributed by atoms with van der Waals surface area (Å²) in [5.74, 6) is -3.51. The Labute approximate surface area is 194 Å². The van der Waals surface area contributed by atoms with Crippen LogP contribution in [-0.4, -0.2) is 0 Å². The average molecular weight is 482 g/mol. The van der Waals surface area contributed by atoms with Crippen molar-refractivity contribution < 1.29 is 35.8 Å². The van der Waals surface area contributed by atoms with E-state index in [1.54, 1.807) is 19.1 Å². The van der Waals surface area contributed by atoms with Crippen molar-refractivity contribution in [1.29, 1.82) is 0 Å². The number of alkyl halides is 4. The molecule has 0 radical (unpaired) electrons. The fourth-order valence-corrected chi connectivity index (χ4v) is 3.47. The lowest BCUT2D eigenvalue weighted by Crippen LogP contribution is -2.25. The van der Waals surface area contributed by atoms with Crippen LogP contribution in [0.25, 0.3) is 0 Å². The van der Waals surface area contributed by atoms with Crippen LogP contribution >= 0.6 is 0 Å². The number of hydrogen-bond donors (Lipinski definition) is 0. The van der Waals surface area contributed by atoms with Crippen LogP contribution in [0.2, 0.25) is 0 Å². The zero-order chi connectivity index (χ0) is 24.9. The minimum atomic E-state index is -4.36. The summed E-state index contributed by atoms with van der Waals surface area (Å²) in [5, 5.41) is 0. The van der Waals surface area contributed by atoms with E-state index in [0.717, 1.165) is 54.8 Å². The molecule has 2 nitrogen and oxygen atoms in total. The molecule has 3 rings (SSSR count). The van der Waals surface area contributed by atoms with Gasteiger partial charge in [0.05, 0.1) is 5.56 Å². The van der Waals surface area contributed by atoms with Gasteiger partial charge in [-0.25, -0.2) is 8.78 Å². The highest BCUT2D eigenvalue weighted by Crippen LogP contribution is 2.37. The maximum Gasteiger partial charge on any atom is 0.432 e. The number of ether oxygens (including phenoxy) is 2. The first kappa shape index (κ1) is 25.5. The highest BCUT2D eigenvalue weighted by Gasteiger charge is 2.41. The van der Waals surface area contributed by atoms with E-state index in [1.807, 2.05) is 6.92 Å². The molecular formula is C26H24F6O2. The maximum absolute atomic E-state index is 14.5. The van der Waals surface area contributed by atoms with Gasteiger partial charge >= 0.3 is 12.2 Å². The van der Waals surface area contributed by atoms with Crippen molar-refractivity contribution in [3.63, 3.8) is 0 Å². The smallest absolute Gasteiger partial charge is 0.429 e. The summed E-state index contributed by atoms with van der Waals surface area (Å²) in [6.45, 7) is 3.78. The Bertz CT molecular complexity index is 1070. The number of rotatable bonds is 10. The van der Waals surface area contributed by atoms with Crippen molar-refractivity contribution in [2.75, 3.05) is 0 Å². The molecule has 0 atom stereocenters. The van der Waals surface area contributed by atoms with E-state index in [-0.39, 0.29) is 11.3 Å². The van der Waals surface area contributed by atoms with Crippen molar-refractivity contribution in [1.82, 2.24) is 0 Å². The van der Waals surface area contributed by atoms with E-state index in [2.05, 4.69) is 4.74 Å². The van der Waals surface area contributed by atoms with Gasteiger partial charge in [0.25, 0.3) is 0 Å². The monoisotopic (exact) mass is 482 g/mol. The van der Waals surface area contributed by atoms with Gasteiger partial charge in [0.2, 0.25) is 0 Å². The van der Waals surface area contributed by atoms with E-state index in [1.165, 1.54) is 12.1 Å². The Morgan fingerprint density at radius 3 is 1.56 bits per heavy atom. The second-order valence-electron chi connectivity index (χ2n) is 7.84. The van der Waals surface area contributed by atoms with Crippen LogP contribution in [-0.2, 0) is 25.1 Å². The van der Waals surface area contributed by atoms with Gasteiger partial charge in [0.1, 0.15) is 28.7 Å². The minimum absolute atomic E-state index is 0.0609. The molecule has 0 aliphatic rings.